The molecule has 0 spiro atoms. The quantitative estimate of drug-likeness (QED) is 0.611. The number of hydrazone groups is 1. The number of rotatable bonds is 4. The summed E-state index contributed by atoms with van der Waals surface area (Å²) in [6.45, 7) is 0.773. The molecule has 3 atom stereocenters. The zero-order valence-electron chi connectivity index (χ0n) is 15.9. The predicted molar refractivity (Wildman–Crippen MR) is 113 cm³/mol. The first-order valence-electron chi connectivity index (χ1n) is 9.94. The van der Waals surface area contributed by atoms with Crippen molar-refractivity contribution in [2.45, 2.75) is 43.7 Å². The van der Waals surface area contributed by atoms with Crippen LogP contribution in [0.15, 0.2) is 35.1 Å². The Kier molecular flexibility index (Phi) is 4.76. The van der Waals surface area contributed by atoms with Crippen LogP contribution in [-0.2, 0) is 0 Å². The summed E-state index contributed by atoms with van der Waals surface area (Å²) < 4.78 is 1.79. The number of thiophene rings is 1. The first-order valence-corrected chi connectivity index (χ1v) is 10.8. The molecule has 0 aromatic carbocycles. The lowest BCUT2D eigenvalue weighted by molar-refractivity contribution is 0.0925. The van der Waals surface area contributed by atoms with E-state index >= 15 is 0 Å². The summed E-state index contributed by atoms with van der Waals surface area (Å²) in [5.41, 5.74) is 12.8. The van der Waals surface area contributed by atoms with Gasteiger partial charge in [-0.2, -0.15) is 10.2 Å². The van der Waals surface area contributed by atoms with Crippen molar-refractivity contribution in [3.05, 3.63) is 40.5 Å². The highest BCUT2D eigenvalue weighted by molar-refractivity contribution is 7.12. The Morgan fingerprint density at radius 1 is 1.31 bits per heavy atom. The molecule has 3 aromatic rings. The molecule has 0 radical (unpaired) electrons. The topological polar surface area (TPSA) is 110 Å². The zero-order chi connectivity index (χ0) is 19.8. The third-order valence-corrected chi connectivity index (χ3v) is 6.66. The summed E-state index contributed by atoms with van der Waals surface area (Å²) in [6, 6.07) is 2.02. The molecule has 0 saturated heterocycles. The predicted octanol–water partition coefficient (Wildman–Crippen LogP) is 2.13. The summed E-state index contributed by atoms with van der Waals surface area (Å²) in [4.78, 5) is 18.0. The molecule has 1 amide bonds. The number of nitrogens with zero attached hydrogens (tertiary/aromatic N) is 4. The van der Waals surface area contributed by atoms with Gasteiger partial charge in [0.25, 0.3) is 5.91 Å². The Morgan fingerprint density at radius 2 is 2.21 bits per heavy atom. The Morgan fingerprint density at radius 3 is 3.03 bits per heavy atom. The van der Waals surface area contributed by atoms with Crippen LogP contribution in [0, 0.1) is 0 Å². The maximum Gasteiger partial charge on any atom is 0.261 e. The fourth-order valence-corrected chi connectivity index (χ4v) is 4.82. The molecule has 0 bridgehead atoms. The van der Waals surface area contributed by atoms with Crippen molar-refractivity contribution < 1.29 is 4.79 Å². The highest BCUT2D eigenvalue weighted by Gasteiger charge is 2.24. The van der Waals surface area contributed by atoms with Gasteiger partial charge in [0.2, 0.25) is 0 Å². The van der Waals surface area contributed by atoms with Crippen LogP contribution in [0.1, 0.15) is 46.8 Å². The van der Waals surface area contributed by atoms with Crippen molar-refractivity contribution in [2.24, 2.45) is 10.8 Å². The Bertz CT molecular complexity index is 1070. The summed E-state index contributed by atoms with van der Waals surface area (Å²) in [6.07, 6.45) is 11.7. The molecule has 8 nitrogen and oxygen atoms in total. The van der Waals surface area contributed by atoms with Crippen LogP contribution >= 0.6 is 11.3 Å². The standard InChI is InChI=1S/C20H23N7OS/c21-16-3-1-2-4-17(16)26-20(28)18-5-12(11-29-18)15-9-25-27-10-14(6-22-19(15)27)13-7-23-24-8-13/h5-7,9-11,13,16-17,24H,1-4,8,21H2,(H,26,28)/t13?,16-,17+/m1/s1. The molecule has 1 aliphatic heterocycles. The third kappa shape index (κ3) is 3.51. The number of carbonyl (C=O) groups excluding carboxylic acids is 1. The van der Waals surface area contributed by atoms with Crippen LogP contribution in [-0.4, -0.2) is 45.3 Å². The smallest absolute Gasteiger partial charge is 0.261 e. The molecule has 4 heterocycles. The van der Waals surface area contributed by atoms with Gasteiger partial charge in [-0.1, -0.05) is 12.8 Å². The lowest BCUT2D eigenvalue weighted by atomic mass is 9.91. The number of amides is 1. The molecular weight excluding hydrogens is 386 g/mol. The monoisotopic (exact) mass is 409 g/mol. The first-order chi connectivity index (χ1) is 14.2. The third-order valence-electron chi connectivity index (χ3n) is 5.73. The molecule has 1 saturated carbocycles. The second-order valence-electron chi connectivity index (χ2n) is 7.69. The molecule has 1 unspecified atom stereocenters. The molecule has 29 heavy (non-hydrogen) atoms. The van der Waals surface area contributed by atoms with Crippen molar-refractivity contribution in [2.75, 3.05) is 6.54 Å². The van der Waals surface area contributed by atoms with E-state index in [1.807, 2.05) is 30.1 Å². The number of aromatic nitrogens is 3. The maximum atomic E-state index is 12.7. The average Bonchev–Trinajstić information content (AvgIpc) is 3.49. The van der Waals surface area contributed by atoms with Crippen molar-refractivity contribution in [1.29, 1.82) is 0 Å². The van der Waals surface area contributed by atoms with E-state index < -0.39 is 0 Å². The Balaban J connectivity index is 1.36. The SMILES string of the molecule is N[C@@H]1CCCC[C@@H]1NC(=O)c1cc(-c2cnn3cc(C4C=NNC4)cnc23)cs1. The van der Waals surface area contributed by atoms with Crippen LogP contribution in [0.3, 0.4) is 0 Å². The van der Waals surface area contributed by atoms with E-state index in [1.54, 1.807) is 10.7 Å². The Hall–Kier alpha value is -2.78. The van der Waals surface area contributed by atoms with Gasteiger partial charge in [-0.25, -0.2) is 9.50 Å². The van der Waals surface area contributed by atoms with Crippen molar-refractivity contribution in [1.82, 2.24) is 25.3 Å². The van der Waals surface area contributed by atoms with E-state index in [9.17, 15) is 4.79 Å². The summed E-state index contributed by atoms with van der Waals surface area (Å²) >= 11 is 1.43. The summed E-state index contributed by atoms with van der Waals surface area (Å²) in [5.74, 6) is 0.158. The fraction of sp³-hybridized carbons (Fsp3) is 0.400. The van der Waals surface area contributed by atoms with Gasteiger partial charge in [-0.15, -0.1) is 11.3 Å². The molecule has 1 fully saturated rings. The second kappa shape index (κ2) is 7.57. The molecule has 3 aromatic heterocycles. The minimum absolute atomic E-state index is 0.0465. The van der Waals surface area contributed by atoms with E-state index in [0.717, 1.165) is 54.6 Å². The van der Waals surface area contributed by atoms with Gasteiger partial charge in [-0.05, 0) is 35.4 Å². The van der Waals surface area contributed by atoms with Gasteiger partial charge < -0.3 is 16.5 Å². The van der Waals surface area contributed by atoms with Gasteiger partial charge in [-0.3, -0.25) is 4.79 Å². The molecule has 4 N–H and O–H groups in total. The summed E-state index contributed by atoms with van der Waals surface area (Å²) in [5, 5.41) is 13.6. The van der Waals surface area contributed by atoms with Crippen LogP contribution < -0.4 is 16.5 Å². The van der Waals surface area contributed by atoms with Crippen molar-refractivity contribution in [3.8, 4) is 11.1 Å². The van der Waals surface area contributed by atoms with Crippen LogP contribution in [0.2, 0.25) is 0 Å². The van der Waals surface area contributed by atoms with Crippen LogP contribution in [0.25, 0.3) is 16.8 Å². The van der Waals surface area contributed by atoms with E-state index in [0.29, 0.717) is 4.88 Å². The number of nitrogens with two attached hydrogens (primary N) is 1. The molecule has 1 aliphatic carbocycles. The van der Waals surface area contributed by atoms with Crippen LogP contribution in [0.5, 0.6) is 0 Å². The van der Waals surface area contributed by atoms with E-state index in [2.05, 4.69) is 25.9 Å². The minimum atomic E-state index is -0.0525. The normalized spacial score (nSPS) is 24.0. The number of nitrogens with one attached hydrogen (secondary N) is 2. The lowest BCUT2D eigenvalue weighted by Crippen LogP contribution is -2.49. The molecule has 5 rings (SSSR count). The van der Waals surface area contributed by atoms with Gasteiger partial charge in [0.1, 0.15) is 0 Å². The van der Waals surface area contributed by atoms with Gasteiger partial charge in [0, 0.05) is 48.7 Å². The van der Waals surface area contributed by atoms with Crippen LogP contribution in [0.4, 0.5) is 0 Å². The molecule has 150 valence electrons. The molecular formula is C20H23N7OS. The highest BCUT2D eigenvalue weighted by atomic mass is 32.1. The number of hydrogen-bond acceptors (Lipinski definition) is 7. The largest absolute Gasteiger partial charge is 0.347 e. The van der Waals surface area contributed by atoms with Gasteiger partial charge in [0.05, 0.1) is 11.1 Å². The number of carbonyl (C=O) groups is 1. The summed E-state index contributed by atoms with van der Waals surface area (Å²) in [7, 11) is 0. The van der Waals surface area contributed by atoms with Crippen molar-refractivity contribution >= 4 is 29.1 Å². The average molecular weight is 410 g/mol. The van der Waals surface area contributed by atoms with E-state index in [1.165, 1.54) is 11.3 Å². The maximum absolute atomic E-state index is 12.7. The number of hydrogen-bond donors (Lipinski definition) is 3. The van der Waals surface area contributed by atoms with E-state index in [-0.39, 0.29) is 23.9 Å². The highest BCUT2D eigenvalue weighted by Crippen LogP contribution is 2.29. The molecule has 2 aliphatic rings. The minimum Gasteiger partial charge on any atom is -0.347 e. The first kappa shape index (κ1) is 18.3. The molecule has 9 heteroatoms. The Labute approximate surface area is 172 Å². The van der Waals surface area contributed by atoms with Gasteiger partial charge >= 0.3 is 0 Å². The van der Waals surface area contributed by atoms with Crippen molar-refractivity contribution in [3.63, 3.8) is 0 Å². The zero-order valence-corrected chi connectivity index (χ0v) is 16.7. The fourth-order valence-electron chi connectivity index (χ4n) is 4.01. The van der Waals surface area contributed by atoms with E-state index in [4.69, 9.17) is 5.73 Å². The van der Waals surface area contributed by atoms with Gasteiger partial charge in [0.15, 0.2) is 5.65 Å². The lowest BCUT2D eigenvalue weighted by Gasteiger charge is -2.29. The second-order valence-corrected chi connectivity index (χ2v) is 8.60. The number of fused-ring (bicyclic) bond motifs is 1.